The highest BCUT2D eigenvalue weighted by Crippen LogP contribution is 2.28. The average molecular weight is 419 g/mol. The van der Waals surface area contributed by atoms with E-state index < -0.39 is 0 Å². The summed E-state index contributed by atoms with van der Waals surface area (Å²) in [6, 6.07) is 0. The minimum Gasteiger partial charge on any atom is -0.357 e. The molecule has 0 bridgehead atoms. The molecule has 0 aromatic carbocycles. The number of hydrogen-bond acceptors (Lipinski definition) is 2. The highest BCUT2D eigenvalue weighted by atomic mass is 127. The third kappa shape index (κ3) is 5.44. The van der Waals surface area contributed by atoms with E-state index in [1.54, 1.807) is 0 Å². The molecule has 1 fully saturated rings. The van der Waals surface area contributed by atoms with Gasteiger partial charge in [-0.1, -0.05) is 13.8 Å². The van der Waals surface area contributed by atoms with E-state index in [4.69, 9.17) is 4.99 Å². The van der Waals surface area contributed by atoms with Crippen LogP contribution in [-0.2, 0) is 13.6 Å². The smallest absolute Gasteiger partial charge is 0.193 e. The lowest BCUT2D eigenvalue weighted by Gasteiger charge is -2.22. The minimum absolute atomic E-state index is 0. The van der Waals surface area contributed by atoms with E-state index in [1.807, 2.05) is 11.7 Å². The van der Waals surface area contributed by atoms with E-state index in [9.17, 15) is 0 Å². The van der Waals surface area contributed by atoms with Crippen molar-refractivity contribution in [2.75, 3.05) is 20.1 Å². The maximum absolute atomic E-state index is 4.76. The second-order valence-corrected chi connectivity index (χ2v) is 6.36. The van der Waals surface area contributed by atoms with Crippen LogP contribution in [0.4, 0.5) is 0 Å². The molecule has 126 valence electrons. The molecule has 0 amide bonds. The van der Waals surface area contributed by atoms with Crippen molar-refractivity contribution in [3.8, 4) is 0 Å². The molecular weight excluding hydrogens is 389 g/mol. The van der Waals surface area contributed by atoms with Gasteiger partial charge < -0.3 is 10.2 Å². The Morgan fingerprint density at radius 2 is 2.18 bits per heavy atom. The van der Waals surface area contributed by atoms with Crippen molar-refractivity contribution < 1.29 is 0 Å². The van der Waals surface area contributed by atoms with Crippen molar-refractivity contribution in [3.05, 3.63) is 17.5 Å². The summed E-state index contributed by atoms with van der Waals surface area (Å²) in [5, 5.41) is 7.97. The van der Waals surface area contributed by atoms with Gasteiger partial charge in [0, 0.05) is 45.5 Å². The highest BCUT2D eigenvalue weighted by Gasteiger charge is 2.21. The van der Waals surface area contributed by atoms with E-state index in [2.05, 4.69) is 49.3 Å². The van der Waals surface area contributed by atoms with Gasteiger partial charge in [-0.25, -0.2) is 0 Å². The molecule has 22 heavy (non-hydrogen) atoms. The van der Waals surface area contributed by atoms with E-state index in [1.165, 1.54) is 24.1 Å². The van der Waals surface area contributed by atoms with Crippen LogP contribution >= 0.6 is 24.0 Å². The van der Waals surface area contributed by atoms with Gasteiger partial charge in [-0.3, -0.25) is 9.67 Å². The quantitative estimate of drug-likeness (QED) is 0.438. The second kappa shape index (κ2) is 8.74. The van der Waals surface area contributed by atoms with Crippen LogP contribution in [-0.4, -0.2) is 40.8 Å². The fourth-order valence-corrected chi connectivity index (χ4v) is 2.48. The van der Waals surface area contributed by atoms with Crippen molar-refractivity contribution in [3.63, 3.8) is 0 Å². The summed E-state index contributed by atoms with van der Waals surface area (Å²) in [7, 11) is 4.09. The van der Waals surface area contributed by atoms with Crippen LogP contribution in [0.25, 0.3) is 0 Å². The summed E-state index contributed by atoms with van der Waals surface area (Å²) >= 11 is 0. The zero-order chi connectivity index (χ0) is 15.4. The topological polar surface area (TPSA) is 45.5 Å². The van der Waals surface area contributed by atoms with Crippen molar-refractivity contribution in [1.29, 1.82) is 0 Å². The first-order chi connectivity index (χ1) is 10.0. The lowest BCUT2D eigenvalue weighted by atomic mass is 10.1. The van der Waals surface area contributed by atoms with Crippen LogP contribution < -0.4 is 5.32 Å². The molecule has 0 saturated heterocycles. The Morgan fingerprint density at radius 1 is 1.50 bits per heavy atom. The zero-order valence-corrected chi connectivity index (χ0v) is 16.8. The normalized spacial score (nSPS) is 14.9. The third-order valence-corrected chi connectivity index (χ3v) is 3.78. The molecule has 0 unspecified atom stereocenters. The summed E-state index contributed by atoms with van der Waals surface area (Å²) in [5.41, 5.74) is 2.47. The Bertz CT molecular complexity index is 491. The number of rotatable bonds is 6. The molecule has 0 spiro atoms. The summed E-state index contributed by atoms with van der Waals surface area (Å²) in [4.78, 5) is 6.96. The molecule has 5 nitrogen and oxygen atoms in total. The number of nitrogens with zero attached hydrogens (tertiary/aromatic N) is 4. The molecule has 0 atom stereocenters. The molecule has 6 heteroatoms. The number of hydrogen-bond donors (Lipinski definition) is 1. The number of aromatic nitrogens is 2. The molecule has 1 aromatic rings. The monoisotopic (exact) mass is 419 g/mol. The van der Waals surface area contributed by atoms with Gasteiger partial charge in [0.25, 0.3) is 0 Å². The molecule has 1 aliphatic carbocycles. The predicted octanol–water partition coefficient (Wildman–Crippen LogP) is 2.97. The Balaban J connectivity index is 0.00000242. The fraction of sp³-hybridized carbons (Fsp3) is 0.750. The van der Waals surface area contributed by atoms with Crippen molar-refractivity contribution >= 4 is 29.9 Å². The Kier molecular flexibility index (Phi) is 7.65. The molecule has 1 aromatic heterocycles. The van der Waals surface area contributed by atoms with Gasteiger partial charge in [-0.2, -0.15) is 5.10 Å². The van der Waals surface area contributed by atoms with Gasteiger partial charge >= 0.3 is 0 Å². The number of aliphatic imine (C=N–C) groups is 1. The number of aryl methyl sites for hydroxylation is 1. The number of guanidine groups is 1. The Morgan fingerprint density at radius 3 is 2.73 bits per heavy atom. The molecule has 0 aliphatic heterocycles. The third-order valence-electron chi connectivity index (χ3n) is 3.78. The van der Waals surface area contributed by atoms with Gasteiger partial charge in [-0.05, 0) is 31.6 Å². The van der Waals surface area contributed by atoms with Gasteiger partial charge in [0.1, 0.15) is 0 Å². The molecule has 2 rings (SSSR count). The first-order valence-electron chi connectivity index (χ1n) is 8.03. The fourth-order valence-electron chi connectivity index (χ4n) is 2.48. The summed E-state index contributed by atoms with van der Waals surface area (Å²) in [6.45, 7) is 9.20. The van der Waals surface area contributed by atoms with Gasteiger partial charge in [0.05, 0.1) is 5.69 Å². The molecule has 1 aliphatic rings. The molecule has 1 heterocycles. The van der Waals surface area contributed by atoms with E-state index >= 15 is 0 Å². The molecule has 0 radical (unpaired) electrons. The lowest BCUT2D eigenvalue weighted by molar-refractivity contribution is 0.473. The largest absolute Gasteiger partial charge is 0.357 e. The number of halogens is 1. The van der Waals surface area contributed by atoms with Crippen LogP contribution in [0.15, 0.2) is 11.2 Å². The van der Waals surface area contributed by atoms with Crippen molar-refractivity contribution in [1.82, 2.24) is 20.0 Å². The van der Waals surface area contributed by atoms with E-state index in [0.717, 1.165) is 31.5 Å². The van der Waals surface area contributed by atoms with Gasteiger partial charge in [-0.15, -0.1) is 24.0 Å². The zero-order valence-electron chi connectivity index (χ0n) is 14.5. The molecular formula is C16H30IN5. The second-order valence-electron chi connectivity index (χ2n) is 6.36. The maximum atomic E-state index is 4.76. The van der Waals surface area contributed by atoms with Crippen LogP contribution in [0.3, 0.4) is 0 Å². The van der Waals surface area contributed by atoms with Crippen LogP contribution in [0, 0.1) is 5.92 Å². The summed E-state index contributed by atoms with van der Waals surface area (Å²) in [5.74, 6) is 2.26. The maximum Gasteiger partial charge on any atom is 0.193 e. The first-order valence-corrected chi connectivity index (χ1v) is 8.03. The Hall–Kier alpha value is -0.790. The number of nitrogens with one attached hydrogen (secondary N) is 1. The van der Waals surface area contributed by atoms with Crippen LogP contribution in [0.5, 0.6) is 0 Å². The highest BCUT2D eigenvalue weighted by molar-refractivity contribution is 14.0. The lowest BCUT2D eigenvalue weighted by Crippen LogP contribution is -2.38. The van der Waals surface area contributed by atoms with Crippen molar-refractivity contribution in [2.45, 2.75) is 46.1 Å². The first kappa shape index (κ1) is 19.3. The van der Waals surface area contributed by atoms with E-state index in [0.29, 0.717) is 5.92 Å². The summed E-state index contributed by atoms with van der Waals surface area (Å²) in [6.07, 6.45) is 4.80. The van der Waals surface area contributed by atoms with Gasteiger partial charge in [0.15, 0.2) is 5.96 Å². The molecule has 1 saturated carbocycles. The SMILES string of the molecule is CCNC(=NCC1CC1)N(C)Cc1cn(C)nc1C(C)C.I. The minimum atomic E-state index is 0. The predicted molar refractivity (Wildman–Crippen MR) is 103 cm³/mol. The van der Waals surface area contributed by atoms with Crippen LogP contribution in [0.1, 0.15) is 50.8 Å². The van der Waals surface area contributed by atoms with Crippen molar-refractivity contribution in [2.24, 2.45) is 18.0 Å². The molecule has 1 N–H and O–H groups in total. The summed E-state index contributed by atoms with van der Waals surface area (Å²) < 4.78 is 1.91. The average Bonchev–Trinajstić information content (AvgIpc) is 3.17. The van der Waals surface area contributed by atoms with E-state index in [-0.39, 0.29) is 24.0 Å². The van der Waals surface area contributed by atoms with Crippen LogP contribution in [0.2, 0.25) is 0 Å². The Labute approximate surface area is 151 Å². The standard InChI is InChI=1S/C16H29N5.HI/c1-6-17-16(18-9-13-7-8-13)20(4)10-14-11-21(5)19-15(14)12(2)3;/h11-13H,6-10H2,1-5H3,(H,17,18);1H. The van der Waals surface area contributed by atoms with Gasteiger partial charge in [0.2, 0.25) is 0 Å².